The number of fused-ring (bicyclic) bond motifs is 1. The van der Waals surface area contributed by atoms with Crippen molar-refractivity contribution >= 4 is 11.0 Å². The van der Waals surface area contributed by atoms with Crippen LogP contribution in [-0.4, -0.2) is 11.5 Å². The zero-order valence-electron chi connectivity index (χ0n) is 8.84. The molecular weight excluding hydrogens is 237 g/mol. The van der Waals surface area contributed by atoms with E-state index in [4.69, 9.17) is 9.52 Å². The molecule has 1 heterocycles. The number of rotatable bonds is 2. The SMILES string of the molecule is Cc1cc2cc(OC(F)(F)F)cc(CO)c2o1. The van der Waals surface area contributed by atoms with Gasteiger partial charge in [0, 0.05) is 10.9 Å². The number of furan rings is 1. The van der Waals surface area contributed by atoms with Crippen LogP contribution < -0.4 is 4.74 Å². The fraction of sp³-hybridized carbons (Fsp3) is 0.273. The van der Waals surface area contributed by atoms with Gasteiger partial charge >= 0.3 is 6.36 Å². The zero-order chi connectivity index (χ0) is 12.6. The molecule has 17 heavy (non-hydrogen) atoms. The summed E-state index contributed by atoms with van der Waals surface area (Å²) in [6.45, 7) is 1.25. The van der Waals surface area contributed by atoms with Gasteiger partial charge in [-0.15, -0.1) is 13.2 Å². The second kappa shape index (κ2) is 3.96. The molecule has 0 fully saturated rings. The first-order chi connectivity index (χ1) is 7.89. The highest BCUT2D eigenvalue weighted by Gasteiger charge is 2.31. The molecule has 0 bridgehead atoms. The molecule has 0 amide bonds. The monoisotopic (exact) mass is 246 g/mol. The zero-order valence-corrected chi connectivity index (χ0v) is 8.84. The first-order valence-corrected chi connectivity index (χ1v) is 4.79. The Morgan fingerprint density at radius 2 is 2.00 bits per heavy atom. The second-order valence-electron chi connectivity index (χ2n) is 3.56. The fourth-order valence-electron chi connectivity index (χ4n) is 1.63. The van der Waals surface area contributed by atoms with E-state index >= 15 is 0 Å². The van der Waals surface area contributed by atoms with E-state index in [1.54, 1.807) is 13.0 Å². The minimum Gasteiger partial charge on any atom is -0.461 e. The van der Waals surface area contributed by atoms with Gasteiger partial charge in [0.25, 0.3) is 0 Å². The second-order valence-corrected chi connectivity index (χ2v) is 3.56. The summed E-state index contributed by atoms with van der Waals surface area (Å²) in [5.41, 5.74) is 0.634. The summed E-state index contributed by atoms with van der Waals surface area (Å²) >= 11 is 0. The Morgan fingerprint density at radius 3 is 2.59 bits per heavy atom. The molecular formula is C11H9F3O3. The van der Waals surface area contributed by atoms with E-state index in [1.807, 2.05) is 0 Å². The molecule has 0 radical (unpaired) electrons. The van der Waals surface area contributed by atoms with Gasteiger partial charge in [-0.25, -0.2) is 0 Å². The molecule has 92 valence electrons. The number of benzene rings is 1. The van der Waals surface area contributed by atoms with Crippen molar-refractivity contribution in [3.05, 3.63) is 29.5 Å². The molecule has 0 saturated carbocycles. The third-order valence-corrected chi connectivity index (χ3v) is 2.19. The van der Waals surface area contributed by atoms with Crippen LogP contribution in [0.4, 0.5) is 13.2 Å². The van der Waals surface area contributed by atoms with Crippen LogP contribution in [0.15, 0.2) is 22.6 Å². The lowest BCUT2D eigenvalue weighted by Gasteiger charge is -2.09. The van der Waals surface area contributed by atoms with Crippen LogP contribution in [0.3, 0.4) is 0 Å². The van der Waals surface area contributed by atoms with Gasteiger partial charge in [0.2, 0.25) is 0 Å². The summed E-state index contributed by atoms with van der Waals surface area (Å²) in [7, 11) is 0. The van der Waals surface area contributed by atoms with Crippen molar-refractivity contribution in [2.24, 2.45) is 0 Å². The third kappa shape index (κ3) is 2.52. The maximum absolute atomic E-state index is 12.1. The average molecular weight is 246 g/mol. The minimum atomic E-state index is -4.75. The lowest BCUT2D eigenvalue weighted by atomic mass is 10.1. The lowest BCUT2D eigenvalue weighted by molar-refractivity contribution is -0.274. The number of alkyl halides is 3. The first kappa shape index (κ1) is 11.8. The smallest absolute Gasteiger partial charge is 0.461 e. The molecule has 2 aromatic rings. The summed E-state index contributed by atoms with van der Waals surface area (Å²) in [4.78, 5) is 0. The number of halogens is 3. The van der Waals surface area contributed by atoms with Crippen molar-refractivity contribution in [2.75, 3.05) is 0 Å². The summed E-state index contributed by atoms with van der Waals surface area (Å²) in [6, 6.07) is 3.91. The number of aryl methyl sites for hydroxylation is 1. The Balaban J connectivity index is 2.52. The highest BCUT2D eigenvalue weighted by molar-refractivity contribution is 5.82. The van der Waals surface area contributed by atoms with E-state index in [9.17, 15) is 13.2 Å². The molecule has 0 spiro atoms. The Bertz CT molecular complexity index is 543. The highest BCUT2D eigenvalue weighted by atomic mass is 19.4. The van der Waals surface area contributed by atoms with E-state index in [0.29, 0.717) is 16.7 Å². The van der Waals surface area contributed by atoms with Gasteiger partial charge in [-0.05, 0) is 25.1 Å². The standard InChI is InChI=1S/C11H9F3O3/c1-6-2-7-3-9(17-11(12,13)14)4-8(5-15)10(7)16-6/h2-4,15H,5H2,1H3. The summed E-state index contributed by atoms with van der Waals surface area (Å²) in [5.74, 6) is 0.189. The van der Waals surface area contributed by atoms with Crippen LogP contribution in [0, 0.1) is 6.92 Å². The van der Waals surface area contributed by atoms with Gasteiger partial charge in [0.1, 0.15) is 17.1 Å². The first-order valence-electron chi connectivity index (χ1n) is 4.79. The normalized spacial score (nSPS) is 12.1. The average Bonchev–Trinajstić information content (AvgIpc) is 2.54. The van der Waals surface area contributed by atoms with Crippen molar-refractivity contribution in [1.29, 1.82) is 0 Å². The summed E-state index contributed by atoms with van der Waals surface area (Å²) < 4.78 is 45.3. The number of aliphatic hydroxyl groups is 1. The molecule has 3 nitrogen and oxygen atoms in total. The van der Waals surface area contributed by atoms with Crippen LogP contribution in [0.2, 0.25) is 0 Å². The van der Waals surface area contributed by atoms with Gasteiger partial charge in [-0.1, -0.05) is 0 Å². The van der Waals surface area contributed by atoms with Crippen LogP contribution in [0.25, 0.3) is 11.0 Å². The quantitative estimate of drug-likeness (QED) is 0.885. The summed E-state index contributed by atoms with van der Waals surface area (Å²) in [5, 5.41) is 9.54. The molecule has 1 aromatic heterocycles. The van der Waals surface area contributed by atoms with Crippen LogP contribution in [0.1, 0.15) is 11.3 Å². The molecule has 0 aliphatic rings. The van der Waals surface area contributed by atoms with Gasteiger partial charge < -0.3 is 14.3 Å². The Kier molecular flexibility index (Phi) is 2.74. The van der Waals surface area contributed by atoms with E-state index in [-0.39, 0.29) is 11.3 Å². The number of hydrogen-bond acceptors (Lipinski definition) is 3. The molecule has 6 heteroatoms. The maximum atomic E-state index is 12.1. The Hall–Kier alpha value is -1.69. The molecule has 1 aromatic carbocycles. The number of ether oxygens (including phenoxy) is 1. The molecule has 1 N–H and O–H groups in total. The lowest BCUT2D eigenvalue weighted by Crippen LogP contribution is -2.17. The van der Waals surface area contributed by atoms with Gasteiger partial charge in [0.05, 0.1) is 6.61 Å². The van der Waals surface area contributed by atoms with Crippen molar-refractivity contribution in [3.8, 4) is 5.75 Å². The maximum Gasteiger partial charge on any atom is 0.573 e. The van der Waals surface area contributed by atoms with Crippen molar-refractivity contribution in [2.45, 2.75) is 19.9 Å². The predicted molar refractivity (Wildman–Crippen MR) is 53.6 cm³/mol. The molecule has 0 aliphatic heterocycles. The minimum absolute atomic E-state index is 0.259. The van der Waals surface area contributed by atoms with Crippen LogP contribution in [-0.2, 0) is 6.61 Å². The van der Waals surface area contributed by atoms with E-state index in [1.165, 1.54) is 6.07 Å². The summed E-state index contributed by atoms with van der Waals surface area (Å²) in [6.07, 6.45) is -4.75. The molecule has 0 aliphatic carbocycles. The molecule has 2 rings (SSSR count). The fourth-order valence-corrected chi connectivity index (χ4v) is 1.63. The molecule has 0 saturated heterocycles. The van der Waals surface area contributed by atoms with Crippen molar-refractivity contribution < 1.29 is 27.4 Å². The highest BCUT2D eigenvalue weighted by Crippen LogP contribution is 2.31. The molecule has 0 unspecified atom stereocenters. The van der Waals surface area contributed by atoms with E-state index in [0.717, 1.165) is 6.07 Å². The Morgan fingerprint density at radius 1 is 1.29 bits per heavy atom. The van der Waals surface area contributed by atoms with E-state index < -0.39 is 13.0 Å². The topological polar surface area (TPSA) is 42.6 Å². The van der Waals surface area contributed by atoms with Gasteiger partial charge in [0.15, 0.2) is 0 Å². The van der Waals surface area contributed by atoms with Gasteiger partial charge in [-0.3, -0.25) is 0 Å². The van der Waals surface area contributed by atoms with Crippen molar-refractivity contribution in [1.82, 2.24) is 0 Å². The molecule has 0 atom stereocenters. The van der Waals surface area contributed by atoms with Gasteiger partial charge in [-0.2, -0.15) is 0 Å². The third-order valence-electron chi connectivity index (χ3n) is 2.19. The van der Waals surface area contributed by atoms with Crippen molar-refractivity contribution in [3.63, 3.8) is 0 Å². The van der Waals surface area contributed by atoms with Crippen LogP contribution in [0.5, 0.6) is 5.75 Å². The van der Waals surface area contributed by atoms with Crippen LogP contribution >= 0.6 is 0 Å². The van der Waals surface area contributed by atoms with E-state index in [2.05, 4.69) is 4.74 Å². The Labute approximate surface area is 94.4 Å². The largest absolute Gasteiger partial charge is 0.573 e. The number of hydrogen-bond donors (Lipinski definition) is 1. The predicted octanol–water partition coefficient (Wildman–Crippen LogP) is 3.13. The number of aliphatic hydroxyl groups excluding tert-OH is 1.